The standard InChI is InChI=1S/C20H14BrF2N3S/c21-15-7-6-14(17(23)10-15)11-26-19-18(5-2-8-24-19)25-20(26)27-12-13-3-1-4-16(22)9-13/h1-10H,11-12H2. The van der Waals surface area contributed by atoms with Crippen molar-refractivity contribution in [2.45, 2.75) is 17.5 Å². The number of imidazole rings is 1. The van der Waals surface area contributed by atoms with E-state index in [1.54, 1.807) is 18.3 Å². The van der Waals surface area contributed by atoms with E-state index in [-0.39, 0.29) is 11.6 Å². The van der Waals surface area contributed by atoms with Crippen molar-refractivity contribution in [3.05, 3.63) is 88.0 Å². The summed E-state index contributed by atoms with van der Waals surface area (Å²) in [7, 11) is 0. The molecule has 0 saturated heterocycles. The lowest BCUT2D eigenvalue weighted by atomic mass is 10.2. The van der Waals surface area contributed by atoms with Gasteiger partial charge in [-0.3, -0.25) is 4.57 Å². The molecule has 0 saturated carbocycles. The lowest BCUT2D eigenvalue weighted by Crippen LogP contribution is -2.04. The summed E-state index contributed by atoms with van der Waals surface area (Å²) in [5.74, 6) is 0.00706. The molecule has 27 heavy (non-hydrogen) atoms. The summed E-state index contributed by atoms with van der Waals surface area (Å²) >= 11 is 4.76. The van der Waals surface area contributed by atoms with Crippen LogP contribution in [0.5, 0.6) is 0 Å². The number of thioether (sulfide) groups is 1. The molecule has 2 aromatic heterocycles. The van der Waals surface area contributed by atoms with Crippen LogP contribution >= 0.6 is 27.7 Å². The van der Waals surface area contributed by atoms with Crippen LogP contribution in [0, 0.1) is 11.6 Å². The second kappa shape index (κ2) is 7.78. The Balaban J connectivity index is 1.68. The minimum atomic E-state index is -0.289. The summed E-state index contributed by atoms with van der Waals surface area (Å²) in [5, 5.41) is 0.718. The van der Waals surface area contributed by atoms with Gasteiger partial charge in [0.05, 0.1) is 6.54 Å². The Morgan fingerprint density at radius 3 is 2.74 bits per heavy atom. The third-order valence-corrected chi connectivity index (χ3v) is 5.61. The van der Waals surface area contributed by atoms with Crippen molar-refractivity contribution in [3.8, 4) is 0 Å². The molecule has 0 spiro atoms. The van der Waals surface area contributed by atoms with E-state index < -0.39 is 0 Å². The zero-order valence-electron chi connectivity index (χ0n) is 14.1. The SMILES string of the molecule is Fc1cccc(CSc2nc3cccnc3n2Cc2ccc(Br)cc2F)c1. The van der Waals surface area contributed by atoms with E-state index in [9.17, 15) is 8.78 Å². The summed E-state index contributed by atoms with van der Waals surface area (Å²) in [6.07, 6.45) is 1.69. The predicted octanol–water partition coefficient (Wildman–Crippen LogP) is 5.81. The van der Waals surface area contributed by atoms with E-state index in [4.69, 9.17) is 0 Å². The van der Waals surface area contributed by atoms with E-state index in [1.165, 1.54) is 30.0 Å². The first-order valence-corrected chi connectivity index (χ1v) is 10.0. The van der Waals surface area contributed by atoms with Crippen LogP contribution in [0.25, 0.3) is 11.2 Å². The van der Waals surface area contributed by atoms with Gasteiger partial charge in [-0.05, 0) is 42.0 Å². The second-order valence-electron chi connectivity index (χ2n) is 5.98. The molecule has 0 N–H and O–H groups in total. The molecule has 3 nitrogen and oxygen atoms in total. The monoisotopic (exact) mass is 445 g/mol. The molecule has 2 heterocycles. The van der Waals surface area contributed by atoms with Crippen LogP contribution in [0.2, 0.25) is 0 Å². The average Bonchev–Trinajstić information content (AvgIpc) is 3.00. The van der Waals surface area contributed by atoms with Crippen LogP contribution in [-0.4, -0.2) is 14.5 Å². The maximum absolute atomic E-state index is 14.3. The van der Waals surface area contributed by atoms with Crippen molar-refractivity contribution >= 4 is 38.9 Å². The fourth-order valence-electron chi connectivity index (χ4n) is 2.79. The Morgan fingerprint density at radius 1 is 1.04 bits per heavy atom. The highest BCUT2D eigenvalue weighted by molar-refractivity contribution is 9.10. The summed E-state index contributed by atoms with van der Waals surface area (Å²) in [4.78, 5) is 9.04. The van der Waals surface area contributed by atoms with Crippen molar-refractivity contribution in [3.63, 3.8) is 0 Å². The van der Waals surface area contributed by atoms with Crippen molar-refractivity contribution in [1.29, 1.82) is 0 Å². The molecule has 0 bridgehead atoms. The third-order valence-electron chi connectivity index (χ3n) is 4.07. The molecule has 0 unspecified atom stereocenters. The topological polar surface area (TPSA) is 30.7 Å². The molecule has 0 aliphatic heterocycles. The number of halogens is 3. The van der Waals surface area contributed by atoms with Gasteiger partial charge in [0.15, 0.2) is 10.8 Å². The van der Waals surface area contributed by atoms with Crippen molar-refractivity contribution in [1.82, 2.24) is 14.5 Å². The van der Waals surface area contributed by atoms with Gasteiger partial charge in [-0.2, -0.15) is 0 Å². The van der Waals surface area contributed by atoms with Crippen LogP contribution < -0.4 is 0 Å². The molecule has 2 aromatic carbocycles. The first kappa shape index (κ1) is 18.1. The highest BCUT2D eigenvalue weighted by atomic mass is 79.9. The van der Waals surface area contributed by atoms with Crippen molar-refractivity contribution in [2.24, 2.45) is 0 Å². The van der Waals surface area contributed by atoms with Crippen LogP contribution in [0.4, 0.5) is 8.78 Å². The van der Waals surface area contributed by atoms with Gasteiger partial charge in [0.2, 0.25) is 0 Å². The minimum absolute atomic E-state index is 0.264. The van der Waals surface area contributed by atoms with Crippen LogP contribution in [0.15, 0.2) is 70.4 Å². The van der Waals surface area contributed by atoms with Gasteiger partial charge in [0.1, 0.15) is 17.2 Å². The zero-order valence-corrected chi connectivity index (χ0v) is 16.5. The smallest absolute Gasteiger partial charge is 0.170 e. The number of nitrogens with zero attached hydrogens (tertiary/aromatic N) is 3. The molecular formula is C20H14BrF2N3S. The van der Waals surface area contributed by atoms with Gasteiger partial charge >= 0.3 is 0 Å². The Morgan fingerprint density at radius 2 is 1.93 bits per heavy atom. The fraction of sp³-hybridized carbons (Fsp3) is 0.100. The highest BCUT2D eigenvalue weighted by Crippen LogP contribution is 2.28. The lowest BCUT2D eigenvalue weighted by Gasteiger charge is -2.10. The summed E-state index contributed by atoms with van der Waals surface area (Å²) < 4.78 is 30.3. The minimum Gasteiger partial charge on any atom is -0.299 e. The molecule has 0 fully saturated rings. The number of rotatable bonds is 5. The van der Waals surface area contributed by atoms with Gasteiger partial charge < -0.3 is 0 Å². The Bertz CT molecular complexity index is 1110. The normalized spacial score (nSPS) is 11.2. The largest absolute Gasteiger partial charge is 0.299 e. The van der Waals surface area contributed by atoms with Crippen LogP contribution in [0.1, 0.15) is 11.1 Å². The molecule has 136 valence electrons. The maximum atomic E-state index is 14.3. The van der Waals surface area contributed by atoms with Gasteiger partial charge in [-0.15, -0.1) is 0 Å². The summed E-state index contributed by atoms with van der Waals surface area (Å²) in [5.41, 5.74) is 2.86. The highest BCUT2D eigenvalue weighted by Gasteiger charge is 2.15. The molecule has 0 radical (unpaired) electrons. The molecule has 0 amide bonds. The Labute approximate surface area is 167 Å². The summed E-state index contributed by atoms with van der Waals surface area (Å²) in [6.45, 7) is 0.318. The fourth-order valence-corrected chi connectivity index (χ4v) is 4.06. The first-order valence-electron chi connectivity index (χ1n) is 8.22. The molecule has 4 rings (SSSR count). The van der Waals surface area contributed by atoms with E-state index in [2.05, 4.69) is 25.9 Å². The molecular weight excluding hydrogens is 432 g/mol. The van der Waals surface area contributed by atoms with Crippen molar-refractivity contribution < 1.29 is 8.78 Å². The number of aromatic nitrogens is 3. The van der Waals surface area contributed by atoms with Gasteiger partial charge in [-0.1, -0.05) is 45.9 Å². The Kier molecular flexibility index (Phi) is 5.22. The molecule has 0 aliphatic rings. The number of benzene rings is 2. The van der Waals surface area contributed by atoms with Gasteiger partial charge in [0, 0.05) is 22.0 Å². The number of fused-ring (bicyclic) bond motifs is 1. The number of hydrogen-bond acceptors (Lipinski definition) is 3. The number of pyridine rings is 1. The quantitative estimate of drug-likeness (QED) is 0.363. The molecule has 0 aliphatic carbocycles. The van der Waals surface area contributed by atoms with Gasteiger partial charge in [-0.25, -0.2) is 18.7 Å². The average molecular weight is 446 g/mol. The molecule has 7 heteroatoms. The van der Waals surface area contributed by atoms with E-state index in [0.717, 1.165) is 16.2 Å². The lowest BCUT2D eigenvalue weighted by molar-refractivity contribution is 0.592. The predicted molar refractivity (Wildman–Crippen MR) is 107 cm³/mol. The van der Waals surface area contributed by atoms with E-state index >= 15 is 0 Å². The Hall–Kier alpha value is -2.25. The first-order chi connectivity index (χ1) is 13.1. The maximum Gasteiger partial charge on any atom is 0.170 e. The van der Waals surface area contributed by atoms with E-state index in [0.29, 0.717) is 28.0 Å². The molecule has 0 atom stereocenters. The van der Waals surface area contributed by atoms with Crippen LogP contribution in [-0.2, 0) is 12.3 Å². The van der Waals surface area contributed by atoms with Gasteiger partial charge in [0.25, 0.3) is 0 Å². The van der Waals surface area contributed by atoms with E-state index in [1.807, 2.05) is 28.8 Å². The third kappa shape index (κ3) is 4.04. The molecule has 4 aromatic rings. The second-order valence-corrected chi connectivity index (χ2v) is 7.84. The summed E-state index contributed by atoms with van der Waals surface area (Å²) in [6, 6.07) is 15.2. The van der Waals surface area contributed by atoms with Crippen molar-refractivity contribution in [2.75, 3.05) is 0 Å². The van der Waals surface area contributed by atoms with Crippen LogP contribution in [0.3, 0.4) is 0 Å². The number of hydrogen-bond donors (Lipinski definition) is 0. The zero-order chi connectivity index (χ0) is 18.8.